The van der Waals surface area contributed by atoms with E-state index in [2.05, 4.69) is 55.5 Å². The Kier molecular flexibility index (Phi) is 3.45. The Hall–Kier alpha value is -2.48. The van der Waals surface area contributed by atoms with Crippen LogP contribution in [0.25, 0.3) is 10.8 Å². The lowest BCUT2D eigenvalue weighted by molar-refractivity contribution is 0.184. The normalized spacial score (nSPS) is 19.9. The number of benzene rings is 3. The molecule has 2 unspecified atom stereocenters. The van der Waals surface area contributed by atoms with E-state index in [0.29, 0.717) is 5.92 Å². The van der Waals surface area contributed by atoms with Crippen molar-refractivity contribution < 1.29 is 9.47 Å². The Bertz CT molecular complexity index is 836. The molecule has 0 amide bonds. The summed E-state index contributed by atoms with van der Waals surface area (Å²) in [6.07, 6.45) is 1.21. The van der Waals surface area contributed by atoms with E-state index in [4.69, 9.17) is 9.47 Å². The predicted octanol–water partition coefficient (Wildman–Crippen LogP) is 5.15. The third kappa shape index (κ3) is 2.44. The van der Waals surface area contributed by atoms with Gasteiger partial charge in [-0.15, -0.1) is 0 Å². The van der Waals surface area contributed by atoms with E-state index >= 15 is 0 Å². The Labute approximate surface area is 136 Å². The fourth-order valence-electron chi connectivity index (χ4n) is 3.59. The first kappa shape index (κ1) is 14.1. The van der Waals surface area contributed by atoms with Crippen molar-refractivity contribution >= 4 is 10.8 Å². The van der Waals surface area contributed by atoms with E-state index in [1.54, 1.807) is 7.11 Å². The van der Waals surface area contributed by atoms with E-state index in [1.807, 2.05) is 12.1 Å². The number of rotatable bonds is 2. The maximum absolute atomic E-state index is 6.11. The fourth-order valence-corrected chi connectivity index (χ4v) is 3.59. The maximum Gasteiger partial charge on any atom is 0.124 e. The molecule has 0 saturated carbocycles. The second-order valence-corrected chi connectivity index (χ2v) is 6.19. The highest BCUT2D eigenvalue weighted by atomic mass is 16.5. The molecule has 0 aromatic heterocycles. The highest BCUT2D eigenvalue weighted by Crippen LogP contribution is 2.44. The zero-order valence-electron chi connectivity index (χ0n) is 13.5. The first-order chi connectivity index (χ1) is 11.3. The molecule has 4 rings (SSSR count). The number of hydrogen-bond acceptors (Lipinski definition) is 2. The Morgan fingerprint density at radius 2 is 1.74 bits per heavy atom. The third-order valence-corrected chi connectivity index (χ3v) is 4.69. The van der Waals surface area contributed by atoms with Crippen molar-refractivity contribution in [1.29, 1.82) is 0 Å². The molecule has 0 spiro atoms. The topological polar surface area (TPSA) is 18.5 Å². The zero-order valence-corrected chi connectivity index (χ0v) is 13.5. The third-order valence-electron chi connectivity index (χ3n) is 4.69. The van der Waals surface area contributed by atoms with Gasteiger partial charge in [-0.3, -0.25) is 0 Å². The molecule has 0 radical (unpaired) electrons. The molecule has 116 valence electrons. The highest BCUT2D eigenvalue weighted by Gasteiger charge is 2.28. The minimum atomic E-state index is 0.218. The van der Waals surface area contributed by atoms with Gasteiger partial charge in [-0.25, -0.2) is 0 Å². The molecule has 1 aliphatic rings. The lowest BCUT2D eigenvalue weighted by atomic mass is 9.82. The predicted molar refractivity (Wildman–Crippen MR) is 93.5 cm³/mol. The highest BCUT2D eigenvalue weighted by molar-refractivity contribution is 5.89. The van der Waals surface area contributed by atoms with E-state index in [9.17, 15) is 0 Å². The van der Waals surface area contributed by atoms with E-state index in [1.165, 1.54) is 21.9 Å². The first-order valence-corrected chi connectivity index (χ1v) is 8.08. The Morgan fingerprint density at radius 1 is 0.957 bits per heavy atom. The molecule has 3 aromatic rings. The summed E-state index contributed by atoms with van der Waals surface area (Å²) in [6.45, 7) is 2.15. The molecule has 0 bridgehead atoms. The van der Waals surface area contributed by atoms with Crippen LogP contribution in [0.1, 0.15) is 30.4 Å². The van der Waals surface area contributed by atoms with Crippen molar-refractivity contribution in [2.24, 2.45) is 0 Å². The van der Waals surface area contributed by atoms with Crippen LogP contribution in [0.15, 0.2) is 60.7 Å². The summed E-state index contributed by atoms with van der Waals surface area (Å²) in [7, 11) is 1.70. The van der Waals surface area contributed by atoms with E-state index in [0.717, 1.165) is 17.9 Å². The van der Waals surface area contributed by atoms with E-state index in [-0.39, 0.29) is 6.10 Å². The molecule has 0 N–H and O–H groups in total. The standard InChI is InChI=1S/C21H20O2/c1-14-13-19(16-7-10-17(22-2)11-8-16)21-18-6-4-3-5-15(18)9-12-20(21)23-14/h3-12,14,19H,13H2,1-2H3. The average Bonchev–Trinajstić information content (AvgIpc) is 2.60. The molecule has 1 aliphatic heterocycles. The molecule has 1 heterocycles. The van der Waals surface area contributed by atoms with Crippen LogP contribution in [-0.2, 0) is 0 Å². The van der Waals surface area contributed by atoms with Crippen molar-refractivity contribution in [2.75, 3.05) is 7.11 Å². The van der Waals surface area contributed by atoms with Gasteiger partial charge in [0.15, 0.2) is 0 Å². The molecule has 3 aromatic carbocycles. The fraction of sp³-hybridized carbons (Fsp3) is 0.238. The second kappa shape index (κ2) is 5.62. The second-order valence-electron chi connectivity index (χ2n) is 6.19. The number of ether oxygens (including phenoxy) is 2. The maximum atomic E-state index is 6.11. The molecule has 0 fully saturated rings. The van der Waals surface area contributed by atoms with Crippen LogP contribution >= 0.6 is 0 Å². The Balaban J connectivity index is 1.90. The van der Waals surface area contributed by atoms with Gasteiger partial charge in [-0.1, -0.05) is 42.5 Å². The minimum absolute atomic E-state index is 0.218. The van der Waals surface area contributed by atoms with Crippen LogP contribution in [-0.4, -0.2) is 13.2 Å². The SMILES string of the molecule is COc1ccc(C2CC(C)Oc3ccc4ccccc4c32)cc1. The number of methoxy groups -OCH3 is 1. The molecule has 23 heavy (non-hydrogen) atoms. The van der Waals surface area contributed by atoms with Gasteiger partial charge in [-0.05, 0) is 47.9 Å². The van der Waals surface area contributed by atoms with Crippen LogP contribution in [0.5, 0.6) is 11.5 Å². The van der Waals surface area contributed by atoms with Gasteiger partial charge in [-0.2, -0.15) is 0 Å². The van der Waals surface area contributed by atoms with Crippen molar-refractivity contribution in [3.8, 4) is 11.5 Å². The van der Waals surface area contributed by atoms with E-state index < -0.39 is 0 Å². The van der Waals surface area contributed by atoms with Crippen molar-refractivity contribution in [1.82, 2.24) is 0 Å². The lowest BCUT2D eigenvalue weighted by Crippen LogP contribution is -2.23. The number of hydrogen-bond donors (Lipinski definition) is 0. The van der Waals surface area contributed by atoms with Crippen LogP contribution in [0.3, 0.4) is 0 Å². The van der Waals surface area contributed by atoms with Gasteiger partial charge in [0.2, 0.25) is 0 Å². The lowest BCUT2D eigenvalue weighted by Gasteiger charge is -2.32. The van der Waals surface area contributed by atoms with Crippen LogP contribution < -0.4 is 9.47 Å². The van der Waals surface area contributed by atoms with Crippen LogP contribution in [0.4, 0.5) is 0 Å². The van der Waals surface area contributed by atoms with Crippen molar-refractivity contribution in [3.05, 3.63) is 71.8 Å². The van der Waals surface area contributed by atoms with Crippen molar-refractivity contribution in [3.63, 3.8) is 0 Å². The quantitative estimate of drug-likeness (QED) is 0.651. The number of fused-ring (bicyclic) bond motifs is 3. The summed E-state index contributed by atoms with van der Waals surface area (Å²) in [6, 6.07) is 21.2. The molecule has 2 nitrogen and oxygen atoms in total. The van der Waals surface area contributed by atoms with Gasteiger partial charge in [0.25, 0.3) is 0 Å². The molecule has 2 atom stereocenters. The van der Waals surface area contributed by atoms with Crippen LogP contribution in [0, 0.1) is 0 Å². The summed E-state index contributed by atoms with van der Waals surface area (Å²) in [5, 5.41) is 2.56. The molecular weight excluding hydrogens is 284 g/mol. The summed E-state index contributed by atoms with van der Waals surface area (Å²) >= 11 is 0. The molecule has 0 saturated heterocycles. The van der Waals surface area contributed by atoms with Gasteiger partial charge < -0.3 is 9.47 Å². The van der Waals surface area contributed by atoms with Crippen LogP contribution in [0.2, 0.25) is 0 Å². The smallest absolute Gasteiger partial charge is 0.124 e. The van der Waals surface area contributed by atoms with Gasteiger partial charge in [0.05, 0.1) is 13.2 Å². The van der Waals surface area contributed by atoms with Gasteiger partial charge in [0.1, 0.15) is 11.5 Å². The Morgan fingerprint density at radius 3 is 2.52 bits per heavy atom. The molecule has 0 aliphatic carbocycles. The summed E-state index contributed by atoms with van der Waals surface area (Å²) in [4.78, 5) is 0. The summed E-state index contributed by atoms with van der Waals surface area (Å²) in [5.41, 5.74) is 2.63. The largest absolute Gasteiger partial charge is 0.497 e. The summed E-state index contributed by atoms with van der Waals surface area (Å²) < 4.78 is 11.4. The monoisotopic (exact) mass is 304 g/mol. The van der Waals surface area contributed by atoms with Gasteiger partial charge >= 0.3 is 0 Å². The minimum Gasteiger partial charge on any atom is -0.497 e. The molecule has 2 heteroatoms. The average molecular weight is 304 g/mol. The molecular formula is C21H20O2. The van der Waals surface area contributed by atoms with Crippen molar-refractivity contribution in [2.45, 2.75) is 25.4 Å². The zero-order chi connectivity index (χ0) is 15.8. The summed E-state index contributed by atoms with van der Waals surface area (Å²) in [5.74, 6) is 2.26. The van der Waals surface area contributed by atoms with Gasteiger partial charge in [0, 0.05) is 11.5 Å². The first-order valence-electron chi connectivity index (χ1n) is 8.08.